The van der Waals surface area contributed by atoms with Crippen molar-refractivity contribution in [3.8, 4) is 0 Å². The van der Waals surface area contributed by atoms with Crippen molar-refractivity contribution >= 4 is 47.3 Å². The molecule has 2 rings (SSSR count). The quantitative estimate of drug-likeness (QED) is 0.828. The van der Waals surface area contributed by atoms with Crippen molar-refractivity contribution < 1.29 is 4.79 Å². The molecule has 120 valence electrons. The standard InChI is InChI=1S/C14H16Cl2N4O.ClH/c1-17-7-6-14(21)19-13-5-8-18-20(13)9-10-11(15)3-2-4-12(10)16;/h2-5,8,17H,6-7,9H2,1H3,(H,19,21);1H. The molecule has 1 aromatic heterocycles. The molecule has 0 fully saturated rings. The fraction of sp³-hybridized carbons (Fsp3) is 0.286. The molecule has 0 aliphatic heterocycles. The number of hydrogen-bond donors (Lipinski definition) is 2. The number of rotatable bonds is 6. The van der Waals surface area contributed by atoms with Gasteiger partial charge in [-0.3, -0.25) is 4.79 Å². The lowest BCUT2D eigenvalue weighted by Gasteiger charge is -2.11. The summed E-state index contributed by atoms with van der Waals surface area (Å²) in [5, 5.41) is 11.1. The molecule has 0 unspecified atom stereocenters. The zero-order valence-electron chi connectivity index (χ0n) is 12.0. The van der Waals surface area contributed by atoms with E-state index in [0.717, 1.165) is 5.56 Å². The summed E-state index contributed by atoms with van der Waals surface area (Å²) in [6, 6.07) is 7.08. The van der Waals surface area contributed by atoms with Crippen LogP contribution in [0.3, 0.4) is 0 Å². The van der Waals surface area contributed by atoms with Crippen LogP contribution in [0.2, 0.25) is 10.0 Å². The van der Waals surface area contributed by atoms with Gasteiger partial charge in [0.15, 0.2) is 0 Å². The average molecular weight is 364 g/mol. The topological polar surface area (TPSA) is 59.0 Å². The predicted molar refractivity (Wildman–Crippen MR) is 92.2 cm³/mol. The molecular weight excluding hydrogens is 347 g/mol. The van der Waals surface area contributed by atoms with E-state index < -0.39 is 0 Å². The Kier molecular flexibility index (Phi) is 7.68. The lowest BCUT2D eigenvalue weighted by atomic mass is 10.2. The van der Waals surface area contributed by atoms with Crippen molar-refractivity contribution in [3.63, 3.8) is 0 Å². The Morgan fingerprint density at radius 1 is 1.27 bits per heavy atom. The van der Waals surface area contributed by atoms with Gasteiger partial charge in [0.25, 0.3) is 0 Å². The molecule has 0 spiro atoms. The minimum Gasteiger partial charge on any atom is -0.319 e. The van der Waals surface area contributed by atoms with E-state index in [1.165, 1.54) is 0 Å². The Bertz CT molecular complexity index is 610. The van der Waals surface area contributed by atoms with Crippen LogP contribution in [0.1, 0.15) is 12.0 Å². The minimum absolute atomic E-state index is 0. The van der Waals surface area contributed by atoms with E-state index in [1.54, 1.807) is 42.2 Å². The fourth-order valence-corrected chi connectivity index (χ4v) is 2.36. The van der Waals surface area contributed by atoms with Crippen LogP contribution in [0, 0.1) is 0 Å². The lowest BCUT2D eigenvalue weighted by Crippen LogP contribution is -2.20. The summed E-state index contributed by atoms with van der Waals surface area (Å²) in [5.41, 5.74) is 0.773. The summed E-state index contributed by atoms with van der Waals surface area (Å²) >= 11 is 12.3. The molecule has 0 aliphatic rings. The van der Waals surface area contributed by atoms with E-state index in [9.17, 15) is 4.79 Å². The number of hydrogen-bond acceptors (Lipinski definition) is 3. The molecule has 8 heteroatoms. The maximum Gasteiger partial charge on any atom is 0.226 e. The first kappa shape index (κ1) is 18.8. The second kappa shape index (κ2) is 9.00. The van der Waals surface area contributed by atoms with Gasteiger partial charge in [-0.25, -0.2) is 4.68 Å². The van der Waals surface area contributed by atoms with Gasteiger partial charge in [0.2, 0.25) is 5.91 Å². The molecule has 0 aliphatic carbocycles. The molecule has 0 saturated carbocycles. The number of halogens is 3. The van der Waals surface area contributed by atoms with Crippen molar-refractivity contribution in [2.24, 2.45) is 0 Å². The molecule has 1 aromatic carbocycles. The fourth-order valence-electron chi connectivity index (χ4n) is 1.84. The van der Waals surface area contributed by atoms with Gasteiger partial charge in [0, 0.05) is 34.6 Å². The Balaban J connectivity index is 0.00000242. The molecule has 0 radical (unpaired) electrons. The van der Waals surface area contributed by atoms with Gasteiger partial charge in [-0.2, -0.15) is 5.10 Å². The summed E-state index contributed by atoms with van der Waals surface area (Å²) in [7, 11) is 1.80. The molecule has 0 atom stereocenters. The first-order chi connectivity index (χ1) is 10.1. The van der Waals surface area contributed by atoms with Crippen molar-refractivity contribution in [2.45, 2.75) is 13.0 Å². The maximum absolute atomic E-state index is 11.8. The number of aromatic nitrogens is 2. The van der Waals surface area contributed by atoms with E-state index >= 15 is 0 Å². The third kappa shape index (κ3) is 4.88. The van der Waals surface area contributed by atoms with E-state index in [1.807, 2.05) is 0 Å². The van der Waals surface area contributed by atoms with Crippen molar-refractivity contribution in [1.82, 2.24) is 15.1 Å². The zero-order chi connectivity index (χ0) is 15.2. The molecule has 2 aromatic rings. The van der Waals surface area contributed by atoms with Gasteiger partial charge < -0.3 is 10.6 Å². The average Bonchev–Trinajstić information content (AvgIpc) is 2.88. The molecule has 1 amide bonds. The molecule has 22 heavy (non-hydrogen) atoms. The van der Waals surface area contributed by atoms with Gasteiger partial charge in [0.1, 0.15) is 5.82 Å². The Morgan fingerprint density at radius 3 is 2.59 bits per heavy atom. The van der Waals surface area contributed by atoms with E-state index in [-0.39, 0.29) is 18.3 Å². The van der Waals surface area contributed by atoms with Gasteiger partial charge in [-0.1, -0.05) is 29.3 Å². The van der Waals surface area contributed by atoms with Crippen LogP contribution >= 0.6 is 35.6 Å². The number of amides is 1. The van der Waals surface area contributed by atoms with Gasteiger partial charge in [-0.15, -0.1) is 12.4 Å². The van der Waals surface area contributed by atoms with Gasteiger partial charge in [-0.05, 0) is 19.2 Å². The van der Waals surface area contributed by atoms with Crippen molar-refractivity contribution in [2.75, 3.05) is 18.9 Å². The second-order valence-corrected chi connectivity index (χ2v) is 5.29. The first-order valence-corrected chi connectivity index (χ1v) is 7.26. The lowest BCUT2D eigenvalue weighted by molar-refractivity contribution is -0.116. The van der Waals surface area contributed by atoms with Crippen LogP contribution in [-0.2, 0) is 11.3 Å². The summed E-state index contributed by atoms with van der Waals surface area (Å²) < 4.78 is 1.66. The smallest absolute Gasteiger partial charge is 0.226 e. The number of carbonyl (C=O) groups excluding carboxylic acids is 1. The van der Waals surface area contributed by atoms with Crippen LogP contribution in [0.15, 0.2) is 30.5 Å². The minimum atomic E-state index is -0.0728. The van der Waals surface area contributed by atoms with E-state index in [2.05, 4.69) is 15.7 Å². The Morgan fingerprint density at radius 2 is 1.95 bits per heavy atom. The van der Waals surface area contributed by atoms with Crippen LogP contribution in [0.25, 0.3) is 0 Å². The normalized spacial score (nSPS) is 10.1. The molecule has 0 bridgehead atoms. The number of nitrogens with zero attached hydrogens (tertiary/aromatic N) is 2. The largest absolute Gasteiger partial charge is 0.319 e. The second-order valence-electron chi connectivity index (χ2n) is 4.48. The van der Waals surface area contributed by atoms with Gasteiger partial charge in [0.05, 0.1) is 12.7 Å². The predicted octanol–water partition coefficient (Wildman–Crippen LogP) is 3.21. The number of anilines is 1. The Hall–Kier alpha value is -1.27. The van der Waals surface area contributed by atoms with E-state index in [4.69, 9.17) is 23.2 Å². The summed E-state index contributed by atoms with van der Waals surface area (Å²) in [6.07, 6.45) is 2.02. The first-order valence-electron chi connectivity index (χ1n) is 6.51. The molecule has 5 nitrogen and oxygen atoms in total. The maximum atomic E-state index is 11.8. The zero-order valence-corrected chi connectivity index (χ0v) is 14.3. The highest BCUT2D eigenvalue weighted by Gasteiger charge is 2.11. The van der Waals surface area contributed by atoms with Crippen molar-refractivity contribution in [3.05, 3.63) is 46.1 Å². The summed E-state index contributed by atoms with van der Waals surface area (Å²) in [4.78, 5) is 11.8. The summed E-state index contributed by atoms with van der Waals surface area (Å²) in [6.45, 7) is 1.02. The van der Waals surface area contributed by atoms with Crippen LogP contribution in [0.5, 0.6) is 0 Å². The van der Waals surface area contributed by atoms with Crippen LogP contribution in [0.4, 0.5) is 5.82 Å². The summed E-state index contributed by atoms with van der Waals surface area (Å²) in [5.74, 6) is 0.545. The molecule has 0 saturated heterocycles. The third-order valence-electron chi connectivity index (χ3n) is 2.96. The Labute approximate surface area is 145 Å². The number of nitrogens with one attached hydrogen (secondary N) is 2. The monoisotopic (exact) mass is 362 g/mol. The molecule has 1 heterocycles. The highest BCUT2D eigenvalue weighted by molar-refractivity contribution is 6.35. The number of benzene rings is 1. The number of carbonyl (C=O) groups is 1. The van der Waals surface area contributed by atoms with Crippen molar-refractivity contribution in [1.29, 1.82) is 0 Å². The van der Waals surface area contributed by atoms with Gasteiger partial charge >= 0.3 is 0 Å². The van der Waals surface area contributed by atoms with E-state index in [0.29, 0.717) is 35.4 Å². The molecule has 2 N–H and O–H groups in total. The molecular formula is C14H17Cl3N4O. The van der Waals surface area contributed by atoms with Crippen LogP contribution < -0.4 is 10.6 Å². The highest BCUT2D eigenvalue weighted by Crippen LogP contribution is 2.25. The van der Waals surface area contributed by atoms with Crippen LogP contribution in [-0.4, -0.2) is 29.3 Å². The SMILES string of the molecule is CNCCC(=O)Nc1ccnn1Cc1c(Cl)cccc1Cl.Cl. The third-order valence-corrected chi connectivity index (χ3v) is 3.66. The highest BCUT2D eigenvalue weighted by atomic mass is 35.5.